The fraction of sp³-hybridized carbons (Fsp3) is 0.474. The van der Waals surface area contributed by atoms with Crippen LogP contribution in [0.2, 0.25) is 0 Å². The van der Waals surface area contributed by atoms with Crippen molar-refractivity contribution in [1.29, 1.82) is 0 Å². The molecule has 148 valence electrons. The number of aromatic nitrogens is 5. The van der Waals surface area contributed by atoms with Gasteiger partial charge < -0.3 is 14.6 Å². The van der Waals surface area contributed by atoms with E-state index in [1.54, 1.807) is 11.8 Å². The number of quaternary nitrogens is 1. The number of pyridine rings is 1. The molecule has 1 saturated heterocycles. The van der Waals surface area contributed by atoms with E-state index in [1.165, 1.54) is 4.90 Å². The minimum absolute atomic E-state index is 0.0705. The van der Waals surface area contributed by atoms with Gasteiger partial charge in [0.2, 0.25) is 5.82 Å². The van der Waals surface area contributed by atoms with E-state index in [0.717, 1.165) is 46.9 Å². The van der Waals surface area contributed by atoms with Crippen molar-refractivity contribution in [2.24, 2.45) is 0 Å². The second kappa shape index (κ2) is 8.42. The molecule has 9 heteroatoms. The average molecular weight is 402 g/mol. The first-order chi connectivity index (χ1) is 13.7. The first kappa shape index (κ1) is 19.1. The molecule has 0 radical (unpaired) electrons. The van der Waals surface area contributed by atoms with E-state index in [9.17, 15) is 4.79 Å². The van der Waals surface area contributed by atoms with E-state index in [0.29, 0.717) is 18.7 Å². The molecule has 8 nitrogen and oxygen atoms in total. The maximum absolute atomic E-state index is 13.1. The second-order valence-corrected chi connectivity index (χ2v) is 8.27. The van der Waals surface area contributed by atoms with Crippen LogP contribution in [0, 0.1) is 6.92 Å². The highest BCUT2D eigenvalue weighted by atomic mass is 32.2. The standard InChI is InChI=1S/C19H24N6O2S/c1-13-4-3-5-14-12-15(19(26)20-16(13)14)17(24-7-10-28-11-8-24)18-21-22-23-25(18)6-9-27-2/h3-5,12,17H,6-11H2,1-2H3,(H,20,26)/p+1/t17-/m0/s1. The Bertz CT molecular complexity index is 1010. The highest BCUT2D eigenvalue weighted by Crippen LogP contribution is 2.20. The maximum Gasteiger partial charge on any atom is 0.258 e. The van der Waals surface area contributed by atoms with Crippen molar-refractivity contribution < 1.29 is 9.64 Å². The Morgan fingerprint density at radius 2 is 2.18 bits per heavy atom. The summed E-state index contributed by atoms with van der Waals surface area (Å²) >= 11 is 1.95. The van der Waals surface area contributed by atoms with Gasteiger partial charge in [-0.3, -0.25) is 4.79 Å². The predicted molar refractivity (Wildman–Crippen MR) is 109 cm³/mol. The van der Waals surface area contributed by atoms with Crippen LogP contribution in [-0.4, -0.2) is 63.5 Å². The van der Waals surface area contributed by atoms with Crippen LogP contribution in [-0.2, 0) is 11.3 Å². The molecule has 0 amide bonds. The van der Waals surface area contributed by atoms with Gasteiger partial charge in [0, 0.05) is 18.6 Å². The first-order valence-corrected chi connectivity index (χ1v) is 10.6. The molecule has 3 heterocycles. The van der Waals surface area contributed by atoms with Crippen LogP contribution in [0.15, 0.2) is 29.1 Å². The summed E-state index contributed by atoms with van der Waals surface area (Å²) in [6, 6.07) is 7.86. The molecule has 1 atom stereocenters. The number of rotatable bonds is 6. The summed E-state index contributed by atoms with van der Waals surface area (Å²) in [6.45, 7) is 5.02. The number of aromatic amines is 1. The minimum Gasteiger partial charge on any atom is -0.383 e. The summed E-state index contributed by atoms with van der Waals surface area (Å²) in [5.41, 5.74) is 2.59. The van der Waals surface area contributed by atoms with Gasteiger partial charge in [0.25, 0.3) is 5.56 Å². The molecule has 1 aliphatic rings. The van der Waals surface area contributed by atoms with E-state index in [1.807, 2.05) is 43.0 Å². The van der Waals surface area contributed by atoms with E-state index in [4.69, 9.17) is 4.74 Å². The summed E-state index contributed by atoms with van der Waals surface area (Å²) in [6.07, 6.45) is 0. The number of H-pyrrole nitrogens is 1. The normalized spacial score (nSPS) is 16.5. The zero-order chi connectivity index (χ0) is 19.5. The number of tetrazole rings is 1. The Morgan fingerprint density at radius 3 is 2.96 bits per heavy atom. The smallest absolute Gasteiger partial charge is 0.258 e. The lowest BCUT2D eigenvalue weighted by Gasteiger charge is -2.30. The molecule has 1 fully saturated rings. The van der Waals surface area contributed by atoms with Crippen LogP contribution < -0.4 is 10.5 Å². The topological polar surface area (TPSA) is 90.1 Å². The van der Waals surface area contributed by atoms with Crippen LogP contribution in [0.3, 0.4) is 0 Å². The molecule has 0 spiro atoms. The third-order valence-corrected chi connectivity index (χ3v) is 6.28. The fourth-order valence-electron chi connectivity index (χ4n) is 3.83. The summed E-state index contributed by atoms with van der Waals surface area (Å²) in [5.74, 6) is 2.85. The molecule has 0 aliphatic carbocycles. The number of hydrogen-bond donors (Lipinski definition) is 2. The van der Waals surface area contributed by atoms with Crippen LogP contribution >= 0.6 is 11.8 Å². The highest BCUT2D eigenvalue weighted by Gasteiger charge is 2.34. The SMILES string of the molecule is COCCn1nnnc1[C@H](c1cc2cccc(C)c2[nH]c1=O)[NH+]1CCSCC1. The van der Waals surface area contributed by atoms with Gasteiger partial charge in [-0.05, 0) is 34.4 Å². The number of thioether (sulfide) groups is 1. The van der Waals surface area contributed by atoms with Gasteiger partial charge in [-0.15, -0.1) is 5.10 Å². The Kier molecular flexibility index (Phi) is 5.74. The van der Waals surface area contributed by atoms with E-state index < -0.39 is 0 Å². The zero-order valence-electron chi connectivity index (χ0n) is 16.1. The highest BCUT2D eigenvalue weighted by molar-refractivity contribution is 7.99. The number of fused-ring (bicyclic) bond motifs is 1. The maximum atomic E-state index is 13.1. The molecule has 1 aliphatic heterocycles. The molecule has 0 unspecified atom stereocenters. The molecule has 28 heavy (non-hydrogen) atoms. The van der Waals surface area contributed by atoms with Crippen molar-refractivity contribution in [1.82, 2.24) is 25.2 Å². The Morgan fingerprint density at radius 1 is 1.36 bits per heavy atom. The summed E-state index contributed by atoms with van der Waals surface area (Å²) in [4.78, 5) is 17.5. The van der Waals surface area contributed by atoms with Crippen molar-refractivity contribution in [2.75, 3.05) is 38.3 Å². The number of methoxy groups -OCH3 is 1. The largest absolute Gasteiger partial charge is 0.383 e. The van der Waals surface area contributed by atoms with Crippen molar-refractivity contribution in [2.45, 2.75) is 19.5 Å². The van der Waals surface area contributed by atoms with Gasteiger partial charge in [-0.25, -0.2) is 4.68 Å². The Labute approximate surface area is 167 Å². The fourth-order valence-corrected chi connectivity index (χ4v) is 4.85. The van der Waals surface area contributed by atoms with Crippen molar-refractivity contribution >= 4 is 22.7 Å². The number of benzene rings is 1. The van der Waals surface area contributed by atoms with Crippen LogP contribution in [0.5, 0.6) is 0 Å². The van der Waals surface area contributed by atoms with Gasteiger partial charge in [0.1, 0.15) is 0 Å². The molecule has 2 aromatic heterocycles. The predicted octanol–water partition coefficient (Wildman–Crippen LogP) is 0.191. The van der Waals surface area contributed by atoms with E-state index in [2.05, 4.69) is 20.5 Å². The molecular weight excluding hydrogens is 376 g/mol. The van der Waals surface area contributed by atoms with Crippen molar-refractivity contribution in [3.8, 4) is 0 Å². The summed E-state index contributed by atoms with van der Waals surface area (Å²) in [5, 5.41) is 13.4. The molecular formula is C19H25N6O2S+. The van der Waals surface area contributed by atoms with Gasteiger partial charge >= 0.3 is 0 Å². The number of para-hydroxylation sites is 1. The molecule has 1 aromatic carbocycles. The Balaban J connectivity index is 1.84. The summed E-state index contributed by atoms with van der Waals surface area (Å²) in [7, 11) is 1.66. The lowest BCUT2D eigenvalue weighted by atomic mass is 10.0. The summed E-state index contributed by atoms with van der Waals surface area (Å²) < 4.78 is 6.97. The number of nitrogens with one attached hydrogen (secondary N) is 2. The van der Waals surface area contributed by atoms with Gasteiger partial charge in [-0.2, -0.15) is 11.8 Å². The zero-order valence-corrected chi connectivity index (χ0v) is 17.0. The van der Waals surface area contributed by atoms with Gasteiger partial charge in [0.05, 0.1) is 37.3 Å². The minimum atomic E-state index is -0.207. The third-order valence-electron chi connectivity index (χ3n) is 5.30. The molecule has 3 aromatic rings. The lowest BCUT2D eigenvalue weighted by molar-refractivity contribution is -0.923. The van der Waals surface area contributed by atoms with Crippen LogP contribution in [0.4, 0.5) is 0 Å². The number of nitrogens with zero attached hydrogens (tertiary/aromatic N) is 4. The monoisotopic (exact) mass is 401 g/mol. The number of ether oxygens (including phenoxy) is 1. The quantitative estimate of drug-likeness (QED) is 0.613. The first-order valence-electron chi connectivity index (χ1n) is 9.49. The molecule has 0 bridgehead atoms. The molecule has 2 N–H and O–H groups in total. The third kappa shape index (κ3) is 3.69. The van der Waals surface area contributed by atoms with Crippen molar-refractivity contribution in [3.63, 3.8) is 0 Å². The molecule has 0 saturated carbocycles. The van der Waals surface area contributed by atoms with Crippen molar-refractivity contribution in [3.05, 3.63) is 51.6 Å². The van der Waals surface area contributed by atoms with Crippen LogP contribution in [0.1, 0.15) is 23.0 Å². The van der Waals surface area contributed by atoms with Crippen LogP contribution in [0.25, 0.3) is 10.9 Å². The number of hydrogen-bond acceptors (Lipinski definition) is 6. The van der Waals surface area contributed by atoms with Gasteiger partial charge in [-0.1, -0.05) is 18.2 Å². The van der Waals surface area contributed by atoms with E-state index in [-0.39, 0.29) is 11.6 Å². The Hall–Kier alpha value is -2.23. The second-order valence-electron chi connectivity index (χ2n) is 7.05. The molecule has 4 rings (SSSR count). The average Bonchev–Trinajstić information content (AvgIpc) is 3.17. The lowest BCUT2D eigenvalue weighted by Crippen LogP contribution is -3.14. The number of aryl methyl sites for hydroxylation is 1. The van der Waals surface area contributed by atoms with Gasteiger partial charge in [0.15, 0.2) is 6.04 Å². The van der Waals surface area contributed by atoms with E-state index >= 15 is 0 Å².